The van der Waals surface area contributed by atoms with Crippen molar-refractivity contribution in [2.75, 3.05) is 20.2 Å². The minimum atomic E-state index is 0.286. The van der Waals surface area contributed by atoms with E-state index in [9.17, 15) is 0 Å². The maximum absolute atomic E-state index is 8.45. The molecule has 3 nitrogen and oxygen atoms in total. The molecule has 1 heterocycles. The average molecular weight is 154 g/mol. The van der Waals surface area contributed by atoms with Crippen molar-refractivity contribution in [2.24, 2.45) is 0 Å². The highest BCUT2D eigenvalue weighted by Gasteiger charge is 2.27. The molecule has 0 aromatic rings. The average Bonchev–Trinajstić information content (AvgIpc) is 2.36. The third-order valence-electron chi connectivity index (χ3n) is 2.22. The van der Waals surface area contributed by atoms with E-state index in [0.29, 0.717) is 12.6 Å². The Morgan fingerprint density at radius 1 is 1.73 bits per heavy atom. The zero-order chi connectivity index (χ0) is 8.27. The van der Waals surface area contributed by atoms with E-state index in [1.165, 1.54) is 0 Å². The van der Waals surface area contributed by atoms with Crippen LogP contribution in [0.5, 0.6) is 0 Å². The lowest BCUT2D eigenvalue weighted by Gasteiger charge is -2.23. The first-order valence-corrected chi connectivity index (χ1v) is 3.94. The van der Waals surface area contributed by atoms with Gasteiger partial charge in [0.05, 0.1) is 18.7 Å². The molecule has 1 saturated heterocycles. The second-order valence-electron chi connectivity index (χ2n) is 3.01. The largest absolute Gasteiger partial charge is 0.377 e. The summed E-state index contributed by atoms with van der Waals surface area (Å²) in [6, 6.07) is 2.57. The molecule has 0 radical (unpaired) electrons. The Morgan fingerprint density at radius 2 is 2.45 bits per heavy atom. The predicted molar refractivity (Wildman–Crippen MR) is 42.1 cm³/mol. The first-order chi connectivity index (χ1) is 5.25. The summed E-state index contributed by atoms with van der Waals surface area (Å²) in [5.74, 6) is 0. The molecule has 0 aromatic heterocycles. The fourth-order valence-corrected chi connectivity index (χ4v) is 1.53. The summed E-state index contributed by atoms with van der Waals surface area (Å²) in [5, 5.41) is 8.45. The molecule has 1 aliphatic rings. The SMILES string of the molecule is CC1OCCC1N(C)CC#N. The Balaban J connectivity index is 2.40. The van der Waals surface area contributed by atoms with Gasteiger partial charge in [0, 0.05) is 12.6 Å². The van der Waals surface area contributed by atoms with Crippen LogP contribution >= 0.6 is 0 Å². The molecule has 62 valence electrons. The van der Waals surface area contributed by atoms with Crippen molar-refractivity contribution >= 4 is 0 Å². The molecular formula is C8H14N2O. The molecule has 2 unspecified atom stereocenters. The van der Waals surface area contributed by atoms with Gasteiger partial charge in [0.2, 0.25) is 0 Å². The van der Waals surface area contributed by atoms with Gasteiger partial charge in [-0.3, -0.25) is 4.90 Å². The van der Waals surface area contributed by atoms with Crippen LogP contribution < -0.4 is 0 Å². The lowest BCUT2D eigenvalue weighted by Crippen LogP contribution is -2.36. The summed E-state index contributed by atoms with van der Waals surface area (Å²) in [6.45, 7) is 3.39. The van der Waals surface area contributed by atoms with Crippen LogP contribution in [0.3, 0.4) is 0 Å². The first kappa shape index (κ1) is 8.51. The summed E-state index contributed by atoms with van der Waals surface area (Å²) in [7, 11) is 1.97. The number of ether oxygens (including phenoxy) is 1. The topological polar surface area (TPSA) is 36.3 Å². The maximum atomic E-state index is 8.45. The van der Waals surface area contributed by atoms with Crippen molar-refractivity contribution in [1.29, 1.82) is 5.26 Å². The Hall–Kier alpha value is -0.590. The predicted octanol–water partition coefficient (Wildman–Crippen LogP) is 0.619. The fourth-order valence-electron chi connectivity index (χ4n) is 1.53. The Bertz CT molecular complexity index is 164. The third kappa shape index (κ3) is 1.92. The lowest BCUT2D eigenvalue weighted by molar-refractivity contribution is 0.0878. The molecule has 1 fully saturated rings. The van der Waals surface area contributed by atoms with Crippen molar-refractivity contribution in [3.8, 4) is 6.07 Å². The Kier molecular flexibility index (Phi) is 2.86. The highest BCUT2D eigenvalue weighted by atomic mass is 16.5. The van der Waals surface area contributed by atoms with Gasteiger partial charge in [-0.15, -0.1) is 0 Å². The number of likely N-dealkylation sites (N-methyl/N-ethyl adjacent to an activating group) is 1. The molecule has 11 heavy (non-hydrogen) atoms. The molecule has 0 aliphatic carbocycles. The van der Waals surface area contributed by atoms with E-state index in [-0.39, 0.29) is 6.10 Å². The van der Waals surface area contributed by atoms with Gasteiger partial charge in [-0.2, -0.15) is 5.26 Å². The smallest absolute Gasteiger partial charge is 0.0866 e. The zero-order valence-corrected chi connectivity index (χ0v) is 7.08. The maximum Gasteiger partial charge on any atom is 0.0866 e. The summed E-state index contributed by atoms with van der Waals surface area (Å²) < 4.78 is 5.38. The van der Waals surface area contributed by atoms with E-state index < -0.39 is 0 Å². The Morgan fingerprint density at radius 3 is 2.91 bits per heavy atom. The van der Waals surface area contributed by atoms with Gasteiger partial charge in [0.1, 0.15) is 0 Å². The van der Waals surface area contributed by atoms with Crippen LogP contribution in [0.15, 0.2) is 0 Å². The highest BCUT2D eigenvalue weighted by Crippen LogP contribution is 2.17. The van der Waals surface area contributed by atoms with Crippen LogP contribution in [-0.4, -0.2) is 37.2 Å². The number of nitriles is 1. The van der Waals surface area contributed by atoms with Crippen molar-refractivity contribution in [3.05, 3.63) is 0 Å². The fraction of sp³-hybridized carbons (Fsp3) is 0.875. The van der Waals surface area contributed by atoms with Crippen LogP contribution in [0.1, 0.15) is 13.3 Å². The van der Waals surface area contributed by atoms with Crippen molar-refractivity contribution in [2.45, 2.75) is 25.5 Å². The molecule has 0 aromatic carbocycles. The van der Waals surface area contributed by atoms with Crippen LogP contribution in [0.4, 0.5) is 0 Å². The van der Waals surface area contributed by atoms with Crippen LogP contribution in [0.25, 0.3) is 0 Å². The van der Waals surface area contributed by atoms with E-state index in [2.05, 4.69) is 17.9 Å². The molecule has 0 bridgehead atoms. The third-order valence-corrected chi connectivity index (χ3v) is 2.22. The summed E-state index contributed by atoms with van der Waals surface area (Å²) in [4.78, 5) is 2.05. The molecule has 2 atom stereocenters. The van der Waals surface area contributed by atoms with Crippen molar-refractivity contribution in [1.82, 2.24) is 4.90 Å². The molecule has 1 rings (SSSR count). The van der Waals surface area contributed by atoms with Gasteiger partial charge in [-0.05, 0) is 20.4 Å². The van der Waals surface area contributed by atoms with Crippen LogP contribution in [0, 0.1) is 11.3 Å². The number of hydrogen-bond donors (Lipinski definition) is 0. The standard InChI is InChI=1S/C8H14N2O/c1-7-8(3-6-11-7)10(2)5-4-9/h7-8H,3,5-6H2,1-2H3. The van der Waals surface area contributed by atoms with Crippen LogP contribution in [-0.2, 0) is 4.74 Å². The second kappa shape index (κ2) is 3.70. The first-order valence-electron chi connectivity index (χ1n) is 3.94. The minimum Gasteiger partial charge on any atom is -0.377 e. The highest BCUT2D eigenvalue weighted by molar-refractivity contribution is 4.85. The minimum absolute atomic E-state index is 0.286. The van der Waals surface area contributed by atoms with Crippen molar-refractivity contribution in [3.63, 3.8) is 0 Å². The summed E-state index contributed by atoms with van der Waals surface area (Å²) in [6.07, 6.45) is 1.34. The number of rotatable bonds is 2. The molecule has 0 N–H and O–H groups in total. The van der Waals surface area contributed by atoms with Gasteiger partial charge in [-0.1, -0.05) is 0 Å². The molecular weight excluding hydrogens is 140 g/mol. The van der Waals surface area contributed by atoms with Crippen molar-refractivity contribution < 1.29 is 4.74 Å². The normalized spacial score (nSPS) is 30.7. The monoisotopic (exact) mass is 154 g/mol. The quantitative estimate of drug-likeness (QED) is 0.547. The Labute approximate surface area is 67.6 Å². The van der Waals surface area contributed by atoms with Gasteiger partial charge in [0.15, 0.2) is 0 Å². The van der Waals surface area contributed by atoms with E-state index >= 15 is 0 Å². The van der Waals surface area contributed by atoms with Gasteiger partial charge in [-0.25, -0.2) is 0 Å². The molecule has 0 saturated carbocycles. The van der Waals surface area contributed by atoms with E-state index in [1.54, 1.807) is 0 Å². The molecule has 0 amide bonds. The summed E-state index contributed by atoms with van der Waals surface area (Å²) >= 11 is 0. The molecule has 3 heteroatoms. The molecule has 1 aliphatic heterocycles. The lowest BCUT2D eigenvalue weighted by atomic mass is 10.1. The van der Waals surface area contributed by atoms with E-state index in [4.69, 9.17) is 10.00 Å². The number of nitrogens with zero attached hydrogens (tertiary/aromatic N) is 2. The molecule has 0 spiro atoms. The van der Waals surface area contributed by atoms with Crippen LogP contribution in [0.2, 0.25) is 0 Å². The van der Waals surface area contributed by atoms with E-state index in [1.807, 2.05) is 7.05 Å². The van der Waals surface area contributed by atoms with Gasteiger partial charge in [0.25, 0.3) is 0 Å². The second-order valence-corrected chi connectivity index (χ2v) is 3.01. The zero-order valence-electron chi connectivity index (χ0n) is 7.08. The summed E-state index contributed by atoms with van der Waals surface area (Å²) in [5.41, 5.74) is 0. The van der Waals surface area contributed by atoms with E-state index in [0.717, 1.165) is 13.0 Å². The number of hydrogen-bond acceptors (Lipinski definition) is 3. The van der Waals surface area contributed by atoms with Gasteiger partial charge >= 0.3 is 0 Å². The van der Waals surface area contributed by atoms with Gasteiger partial charge < -0.3 is 4.74 Å².